The molecule has 0 unspecified atom stereocenters. The molecule has 7 heteroatoms. The molecule has 138 valence electrons. The number of thioether (sulfide) groups is 1. The molecule has 2 aliphatic rings. The molecule has 0 aromatic heterocycles. The summed E-state index contributed by atoms with van der Waals surface area (Å²) in [5, 5.41) is 17.7. The number of hydrogen-bond acceptors (Lipinski definition) is 5. The number of benzene rings is 1. The summed E-state index contributed by atoms with van der Waals surface area (Å²) in [7, 11) is 0. The van der Waals surface area contributed by atoms with Gasteiger partial charge in [0.15, 0.2) is 5.17 Å². The zero-order valence-corrected chi connectivity index (χ0v) is 15.5. The average molecular weight is 373 g/mol. The lowest BCUT2D eigenvalue weighted by Crippen LogP contribution is -2.32. The quantitative estimate of drug-likeness (QED) is 0.807. The van der Waals surface area contributed by atoms with Crippen molar-refractivity contribution in [3.05, 3.63) is 30.3 Å². The van der Waals surface area contributed by atoms with Crippen molar-refractivity contribution in [2.45, 2.75) is 56.6 Å². The van der Waals surface area contributed by atoms with Gasteiger partial charge in [0.25, 0.3) is 0 Å². The zero-order chi connectivity index (χ0) is 18.4. The molecule has 6 nitrogen and oxygen atoms in total. The van der Waals surface area contributed by atoms with Crippen LogP contribution >= 0.6 is 11.8 Å². The van der Waals surface area contributed by atoms with Gasteiger partial charge in [0, 0.05) is 5.71 Å². The van der Waals surface area contributed by atoms with Crippen molar-refractivity contribution in [3.8, 4) is 0 Å². The van der Waals surface area contributed by atoms with E-state index in [0.29, 0.717) is 10.9 Å². The van der Waals surface area contributed by atoms with Crippen molar-refractivity contribution in [2.75, 3.05) is 4.90 Å². The van der Waals surface area contributed by atoms with Crippen LogP contribution in [0.5, 0.6) is 0 Å². The van der Waals surface area contributed by atoms with Crippen LogP contribution in [-0.2, 0) is 9.59 Å². The Hall–Kier alpha value is -2.15. The van der Waals surface area contributed by atoms with E-state index in [4.69, 9.17) is 5.11 Å². The molecule has 1 saturated carbocycles. The standard InChI is InChI=1S/C19H23N3O3S/c23-17(24)13-16-18(25)22(15-11-7-4-8-12-15)19(26-16)21-20-14-9-5-2-1-3-6-10-14/h4,7-8,11-12,16H,1-3,5-6,9-10,13H2,(H,23,24)/b21-19+/t16-/m1/s1. The second-order valence-electron chi connectivity index (χ2n) is 6.53. The van der Waals surface area contributed by atoms with Gasteiger partial charge in [-0.15, -0.1) is 5.10 Å². The highest BCUT2D eigenvalue weighted by atomic mass is 32.2. The number of anilines is 1. The van der Waals surface area contributed by atoms with Gasteiger partial charge in [-0.05, 0) is 37.8 Å². The van der Waals surface area contributed by atoms with Gasteiger partial charge in [-0.1, -0.05) is 49.2 Å². The van der Waals surface area contributed by atoms with Crippen LogP contribution < -0.4 is 4.90 Å². The Morgan fingerprint density at radius 3 is 2.38 bits per heavy atom. The van der Waals surface area contributed by atoms with E-state index in [1.54, 1.807) is 0 Å². The lowest BCUT2D eigenvalue weighted by Gasteiger charge is -2.15. The number of rotatable bonds is 4. The van der Waals surface area contributed by atoms with Gasteiger partial charge >= 0.3 is 5.97 Å². The summed E-state index contributed by atoms with van der Waals surface area (Å²) in [6, 6.07) is 9.20. The Labute approximate surface area is 157 Å². The maximum absolute atomic E-state index is 12.7. The molecular formula is C19H23N3O3S. The molecule has 1 aromatic rings. The van der Waals surface area contributed by atoms with Gasteiger partial charge in [-0.2, -0.15) is 5.10 Å². The molecule has 0 bridgehead atoms. The van der Waals surface area contributed by atoms with E-state index < -0.39 is 11.2 Å². The summed E-state index contributed by atoms with van der Waals surface area (Å²) in [6.07, 6.45) is 7.64. The van der Waals surface area contributed by atoms with Crippen molar-refractivity contribution in [2.24, 2.45) is 10.2 Å². The van der Waals surface area contributed by atoms with Gasteiger partial charge in [-0.25, -0.2) is 0 Å². The Bertz CT molecular complexity index is 708. The van der Waals surface area contributed by atoms with Crippen LogP contribution in [0, 0.1) is 0 Å². The molecule has 1 aliphatic carbocycles. The van der Waals surface area contributed by atoms with Gasteiger partial charge < -0.3 is 5.11 Å². The van der Waals surface area contributed by atoms with Gasteiger partial charge in [0.1, 0.15) is 5.25 Å². The lowest BCUT2D eigenvalue weighted by atomic mass is 9.99. The smallest absolute Gasteiger partial charge is 0.305 e. The molecule has 1 heterocycles. The second kappa shape index (κ2) is 8.98. The number of nitrogens with zero attached hydrogens (tertiary/aromatic N) is 3. The Morgan fingerprint density at radius 1 is 1.08 bits per heavy atom. The first-order chi connectivity index (χ1) is 12.6. The summed E-state index contributed by atoms with van der Waals surface area (Å²) in [5.41, 5.74) is 1.76. The van der Waals surface area contributed by atoms with E-state index in [9.17, 15) is 9.59 Å². The van der Waals surface area contributed by atoms with Crippen molar-refractivity contribution < 1.29 is 14.7 Å². The van der Waals surface area contributed by atoms with E-state index >= 15 is 0 Å². The summed E-state index contributed by atoms with van der Waals surface area (Å²) in [5.74, 6) is -1.24. The highest BCUT2D eigenvalue weighted by Gasteiger charge is 2.40. The minimum Gasteiger partial charge on any atom is -0.481 e. The summed E-state index contributed by atoms with van der Waals surface area (Å²) in [4.78, 5) is 25.3. The fourth-order valence-electron chi connectivity index (χ4n) is 3.17. The molecule has 3 rings (SSSR count). The molecule has 0 radical (unpaired) electrons. The number of para-hydroxylation sites is 1. The van der Waals surface area contributed by atoms with E-state index in [-0.39, 0.29) is 12.3 Å². The van der Waals surface area contributed by atoms with Crippen LogP contribution in [-0.4, -0.2) is 33.1 Å². The minimum atomic E-state index is -0.989. The topological polar surface area (TPSA) is 82.3 Å². The first kappa shape index (κ1) is 18.6. The summed E-state index contributed by atoms with van der Waals surface area (Å²) >= 11 is 1.19. The predicted octanol–water partition coefficient (Wildman–Crippen LogP) is 4.07. The molecular weight excluding hydrogens is 350 g/mol. The van der Waals surface area contributed by atoms with Gasteiger partial charge in [-0.3, -0.25) is 14.5 Å². The normalized spacial score (nSPS) is 23.0. The molecule has 2 fully saturated rings. The van der Waals surface area contributed by atoms with Crippen LogP contribution in [0.3, 0.4) is 0 Å². The SMILES string of the molecule is O=C(O)C[C@H]1S/C(=N/N=C2CCCCCCC2)N(c2ccccc2)C1=O. The third-order valence-electron chi connectivity index (χ3n) is 4.52. The van der Waals surface area contributed by atoms with Gasteiger partial charge in [0.2, 0.25) is 5.91 Å². The van der Waals surface area contributed by atoms with E-state index in [0.717, 1.165) is 31.4 Å². The Balaban J connectivity index is 1.86. The molecule has 1 saturated heterocycles. The van der Waals surface area contributed by atoms with Crippen molar-refractivity contribution in [1.29, 1.82) is 0 Å². The van der Waals surface area contributed by atoms with Crippen LogP contribution in [0.15, 0.2) is 40.5 Å². The number of carbonyl (C=O) groups excluding carboxylic acids is 1. The molecule has 1 N–H and O–H groups in total. The van der Waals surface area contributed by atoms with Crippen LogP contribution in [0.2, 0.25) is 0 Å². The van der Waals surface area contributed by atoms with Crippen molar-refractivity contribution in [3.63, 3.8) is 0 Å². The minimum absolute atomic E-state index is 0.220. The van der Waals surface area contributed by atoms with Crippen molar-refractivity contribution in [1.82, 2.24) is 0 Å². The number of amidine groups is 1. The summed E-state index contributed by atoms with van der Waals surface area (Å²) < 4.78 is 0. The monoisotopic (exact) mass is 373 g/mol. The van der Waals surface area contributed by atoms with Gasteiger partial charge in [0.05, 0.1) is 12.1 Å². The average Bonchev–Trinajstić information content (AvgIpc) is 2.90. The predicted molar refractivity (Wildman–Crippen MR) is 105 cm³/mol. The molecule has 0 spiro atoms. The highest BCUT2D eigenvalue weighted by Crippen LogP contribution is 2.33. The third kappa shape index (κ3) is 4.72. The maximum atomic E-state index is 12.7. The number of aliphatic carboxylic acids is 1. The number of hydrogen-bond donors (Lipinski definition) is 1. The lowest BCUT2D eigenvalue weighted by molar-refractivity contribution is -0.138. The van der Waals surface area contributed by atoms with Crippen LogP contribution in [0.1, 0.15) is 51.4 Å². The molecule has 1 atom stereocenters. The Morgan fingerprint density at radius 2 is 1.73 bits per heavy atom. The largest absolute Gasteiger partial charge is 0.481 e. The van der Waals surface area contributed by atoms with E-state index in [2.05, 4.69) is 10.2 Å². The number of amides is 1. The van der Waals surface area contributed by atoms with Crippen molar-refractivity contribution >= 4 is 40.2 Å². The fraction of sp³-hybridized carbons (Fsp3) is 0.474. The maximum Gasteiger partial charge on any atom is 0.305 e. The molecule has 1 aliphatic heterocycles. The van der Waals surface area contributed by atoms with E-state index in [1.165, 1.54) is 35.9 Å². The van der Waals surface area contributed by atoms with E-state index in [1.807, 2.05) is 30.3 Å². The Kier molecular flexibility index (Phi) is 6.44. The highest BCUT2D eigenvalue weighted by molar-refractivity contribution is 8.16. The summed E-state index contributed by atoms with van der Waals surface area (Å²) in [6.45, 7) is 0. The second-order valence-corrected chi connectivity index (χ2v) is 7.70. The van der Waals surface area contributed by atoms with Crippen LogP contribution in [0.25, 0.3) is 0 Å². The first-order valence-electron chi connectivity index (χ1n) is 9.06. The number of carboxylic acid groups (broad SMARTS) is 1. The number of carboxylic acids is 1. The third-order valence-corrected chi connectivity index (χ3v) is 5.64. The molecule has 1 aromatic carbocycles. The number of carbonyl (C=O) groups is 2. The molecule has 26 heavy (non-hydrogen) atoms. The zero-order valence-electron chi connectivity index (χ0n) is 14.6. The van der Waals surface area contributed by atoms with Crippen LogP contribution in [0.4, 0.5) is 5.69 Å². The fourth-order valence-corrected chi connectivity index (χ4v) is 4.24. The molecule has 1 amide bonds. The first-order valence-corrected chi connectivity index (χ1v) is 9.94.